The van der Waals surface area contributed by atoms with E-state index in [0.29, 0.717) is 24.5 Å². The zero-order valence-electron chi connectivity index (χ0n) is 15.5. The topological polar surface area (TPSA) is 122 Å². The molecule has 0 radical (unpaired) electrons. The fourth-order valence-corrected chi connectivity index (χ4v) is 2.73. The fourth-order valence-electron chi connectivity index (χ4n) is 2.73. The molecule has 3 rings (SSSR count). The third-order valence-electron chi connectivity index (χ3n) is 4.11. The van der Waals surface area contributed by atoms with E-state index in [4.69, 9.17) is 9.47 Å². The molecule has 146 valence electrons. The van der Waals surface area contributed by atoms with Crippen molar-refractivity contribution in [2.24, 2.45) is 0 Å². The molecular formula is C19H21N5O4. The van der Waals surface area contributed by atoms with Crippen molar-refractivity contribution in [3.05, 3.63) is 53.9 Å². The van der Waals surface area contributed by atoms with Gasteiger partial charge in [0.05, 0.1) is 13.7 Å². The van der Waals surface area contributed by atoms with Crippen LogP contribution in [0.3, 0.4) is 0 Å². The normalized spacial score (nSPS) is 11.6. The molecule has 28 heavy (non-hydrogen) atoms. The average molecular weight is 383 g/mol. The van der Waals surface area contributed by atoms with E-state index in [0.717, 1.165) is 11.3 Å². The number of aromatic hydroxyl groups is 1. The average Bonchev–Trinajstić information content (AvgIpc) is 3.23. The molecule has 0 fully saturated rings. The van der Waals surface area contributed by atoms with E-state index in [9.17, 15) is 9.90 Å². The lowest BCUT2D eigenvalue weighted by molar-refractivity contribution is -0.117. The molecular weight excluding hydrogens is 362 g/mol. The van der Waals surface area contributed by atoms with Gasteiger partial charge in [0.2, 0.25) is 5.91 Å². The molecule has 0 spiro atoms. The van der Waals surface area contributed by atoms with Crippen LogP contribution in [0, 0.1) is 0 Å². The quantitative estimate of drug-likeness (QED) is 0.545. The van der Waals surface area contributed by atoms with Gasteiger partial charge in [0.25, 0.3) is 0 Å². The number of tetrazole rings is 1. The molecule has 0 aliphatic carbocycles. The zero-order chi connectivity index (χ0) is 19.9. The van der Waals surface area contributed by atoms with Crippen LogP contribution in [0.25, 0.3) is 0 Å². The first-order chi connectivity index (χ1) is 13.6. The number of phenols is 1. The number of ether oxygens (including phenoxy) is 2. The van der Waals surface area contributed by atoms with Crippen LogP contribution >= 0.6 is 0 Å². The maximum atomic E-state index is 12.9. The minimum atomic E-state index is -0.681. The largest absolute Gasteiger partial charge is 0.504 e. The van der Waals surface area contributed by atoms with Crippen molar-refractivity contribution in [1.29, 1.82) is 0 Å². The summed E-state index contributed by atoms with van der Waals surface area (Å²) in [5.41, 5.74) is 1.41. The molecule has 1 amide bonds. The molecule has 0 aliphatic rings. The maximum Gasteiger partial charge on any atom is 0.235 e. The Morgan fingerprint density at radius 3 is 2.68 bits per heavy atom. The van der Waals surface area contributed by atoms with Gasteiger partial charge in [0.1, 0.15) is 11.7 Å². The second-order valence-corrected chi connectivity index (χ2v) is 5.98. The highest BCUT2D eigenvalue weighted by Gasteiger charge is 2.26. The molecule has 9 heteroatoms. The highest BCUT2D eigenvalue weighted by Crippen LogP contribution is 2.29. The third kappa shape index (κ3) is 4.56. The van der Waals surface area contributed by atoms with Gasteiger partial charge in [-0.3, -0.25) is 4.79 Å². The van der Waals surface area contributed by atoms with Gasteiger partial charge in [-0.2, -0.15) is 5.21 Å². The number of aromatic nitrogens is 4. The zero-order valence-corrected chi connectivity index (χ0v) is 15.5. The molecule has 3 aromatic rings. The highest BCUT2D eigenvalue weighted by molar-refractivity contribution is 5.95. The number of aromatic amines is 1. The van der Waals surface area contributed by atoms with Gasteiger partial charge in [-0.1, -0.05) is 11.3 Å². The summed E-state index contributed by atoms with van der Waals surface area (Å²) in [6.07, 6.45) is 0.305. The second kappa shape index (κ2) is 8.85. The lowest BCUT2D eigenvalue weighted by Gasteiger charge is -2.15. The van der Waals surface area contributed by atoms with E-state index < -0.39 is 5.92 Å². The lowest BCUT2D eigenvalue weighted by Crippen LogP contribution is -2.24. The van der Waals surface area contributed by atoms with Crippen LogP contribution in [0.4, 0.5) is 5.69 Å². The van der Waals surface area contributed by atoms with Crippen molar-refractivity contribution in [3.8, 4) is 17.2 Å². The number of methoxy groups -OCH3 is 1. The Morgan fingerprint density at radius 2 is 2.04 bits per heavy atom. The minimum absolute atomic E-state index is 0.0289. The van der Waals surface area contributed by atoms with Crippen molar-refractivity contribution in [3.63, 3.8) is 0 Å². The molecule has 0 unspecified atom stereocenters. The van der Waals surface area contributed by atoms with Crippen molar-refractivity contribution in [2.75, 3.05) is 19.0 Å². The Labute approximate surface area is 161 Å². The number of phenolic OH excluding ortho intramolecular Hbond substituents is 1. The van der Waals surface area contributed by atoms with Crippen LogP contribution in [0.2, 0.25) is 0 Å². The van der Waals surface area contributed by atoms with E-state index in [1.54, 1.807) is 36.4 Å². The third-order valence-corrected chi connectivity index (χ3v) is 4.11. The Bertz CT molecular complexity index is 913. The van der Waals surface area contributed by atoms with Gasteiger partial charge in [0.15, 0.2) is 17.3 Å². The van der Waals surface area contributed by atoms with Crippen LogP contribution in [-0.2, 0) is 11.2 Å². The predicted molar refractivity (Wildman–Crippen MR) is 102 cm³/mol. The summed E-state index contributed by atoms with van der Waals surface area (Å²) in [7, 11) is 1.47. The van der Waals surface area contributed by atoms with Crippen molar-refractivity contribution in [1.82, 2.24) is 20.6 Å². The second-order valence-electron chi connectivity index (χ2n) is 5.98. The molecule has 2 aromatic carbocycles. The van der Waals surface area contributed by atoms with Gasteiger partial charge in [0, 0.05) is 5.69 Å². The van der Waals surface area contributed by atoms with Crippen LogP contribution in [0.1, 0.15) is 24.2 Å². The van der Waals surface area contributed by atoms with Gasteiger partial charge < -0.3 is 19.9 Å². The van der Waals surface area contributed by atoms with Crippen LogP contribution in [0.5, 0.6) is 17.2 Å². The summed E-state index contributed by atoms with van der Waals surface area (Å²) < 4.78 is 10.5. The number of anilines is 1. The summed E-state index contributed by atoms with van der Waals surface area (Å²) in [4.78, 5) is 12.9. The van der Waals surface area contributed by atoms with E-state index in [2.05, 4.69) is 25.9 Å². The summed E-state index contributed by atoms with van der Waals surface area (Å²) in [5, 5.41) is 26.5. The van der Waals surface area contributed by atoms with E-state index in [-0.39, 0.29) is 17.5 Å². The minimum Gasteiger partial charge on any atom is -0.504 e. The predicted octanol–water partition coefficient (Wildman–Crippen LogP) is 2.28. The van der Waals surface area contributed by atoms with Gasteiger partial charge in [-0.05, 0) is 55.3 Å². The van der Waals surface area contributed by atoms with Crippen LogP contribution < -0.4 is 14.8 Å². The number of carbonyl (C=O) groups excluding carboxylic acids is 1. The number of H-pyrrole nitrogens is 1. The van der Waals surface area contributed by atoms with Crippen molar-refractivity contribution in [2.45, 2.75) is 19.3 Å². The summed E-state index contributed by atoms with van der Waals surface area (Å²) >= 11 is 0. The number of hydrogen-bond donors (Lipinski definition) is 3. The molecule has 0 saturated carbocycles. The SMILES string of the molecule is CCOc1ccc(NC(=O)[C@@H](Cc2ccc(O)c(OC)c2)c2nn[nH]n2)cc1. The Kier molecular flexibility index (Phi) is 6.05. The fraction of sp³-hybridized carbons (Fsp3) is 0.263. The lowest BCUT2D eigenvalue weighted by atomic mass is 9.97. The first kappa shape index (κ1) is 19.2. The smallest absolute Gasteiger partial charge is 0.235 e. The molecule has 3 N–H and O–H groups in total. The number of hydrogen-bond acceptors (Lipinski definition) is 7. The number of rotatable bonds is 8. The summed E-state index contributed by atoms with van der Waals surface area (Å²) in [6, 6.07) is 12.0. The number of carbonyl (C=O) groups is 1. The first-order valence-corrected chi connectivity index (χ1v) is 8.73. The van der Waals surface area contributed by atoms with Crippen LogP contribution in [-0.4, -0.2) is 45.4 Å². The maximum absolute atomic E-state index is 12.9. The molecule has 1 atom stereocenters. The molecule has 0 aliphatic heterocycles. The van der Waals surface area contributed by atoms with Crippen molar-refractivity contribution >= 4 is 11.6 Å². The summed E-state index contributed by atoms with van der Waals surface area (Å²) in [6.45, 7) is 2.48. The van der Waals surface area contributed by atoms with Gasteiger partial charge in [-0.15, -0.1) is 10.2 Å². The van der Waals surface area contributed by atoms with E-state index in [1.807, 2.05) is 6.92 Å². The molecule has 1 aromatic heterocycles. The Hall–Kier alpha value is -3.62. The van der Waals surface area contributed by atoms with E-state index >= 15 is 0 Å². The number of nitrogens with zero attached hydrogens (tertiary/aromatic N) is 3. The molecule has 9 nitrogen and oxygen atoms in total. The first-order valence-electron chi connectivity index (χ1n) is 8.73. The van der Waals surface area contributed by atoms with Gasteiger partial charge in [-0.25, -0.2) is 0 Å². The summed E-state index contributed by atoms with van der Waals surface area (Å²) in [5.74, 6) is 0.400. The van der Waals surface area contributed by atoms with Gasteiger partial charge >= 0.3 is 0 Å². The molecule has 0 bridgehead atoms. The Balaban J connectivity index is 1.79. The number of nitrogens with one attached hydrogen (secondary N) is 2. The standard InChI is InChI=1S/C19H21N5O4/c1-3-28-14-7-5-13(6-8-14)20-19(26)15(18-21-23-24-22-18)10-12-4-9-16(25)17(11-12)27-2/h4-9,11,15,25H,3,10H2,1-2H3,(H,20,26)(H,21,22,23,24)/t15-/m0/s1. The van der Waals surface area contributed by atoms with Crippen molar-refractivity contribution < 1.29 is 19.4 Å². The number of benzene rings is 2. The van der Waals surface area contributed by atoms with E-state index in [1.165, 1.54) is 13.2 Å². The molecule has 1 heterocycles. The van der Waals surface area contributed by atoms with Crippen LogP contribution in [0.15, 0.2) is 42.5 Å². The number of amides is 1. The molecule has 0 saturated heterocycles. The monoisotopic (exact) mass is 383 g/mol. The Morgan fingerprint density at radius 1 is 1.25 bits per heavy atom. The highest BCUT2D eigenvalue weighted by atomic mass is 16.5.